The lowest BCUT2D eigenvalue weighted by atomic mass is 9.63. The van der Waals surface area contributed by atoms with Crippen LogP contribution in [0.3, 0.4) is 0 Å². The molecule has 3 aliphatic carbocycles. The second kappa shape index (κ2) is 4.55. The first-order valence-electron chi connectivity index (χ1n) is 7.75. The van der Waals surface area contributed by atoms with Crippen LogP contribution in [0.4, 0.5) is 0 Å². The van der Waals surface area contributed by atoms with Crippen LogP contribution in [0.15, 0.2) is 36.4 Å². The predicted molar refractivity (Wildman–Crippen MR) is 79.1 cm³/mol. The standard InChI is InChI=1S/C18H19NO2/c1-11-4-2-3-5-14(11)10-19-17(20)15-12-6-7-13(9-8-12)16(15)18(19)21/h2-7,12-13,15-16H,8-10H2,1H3/t12-,13-,15+,16+/m0/s1. The van der Waals surface area contributed by atoms with Crippen molar-refractivity contribution in [2.24, 2.45) is 23.7 Å². The molecule has 1 saturated carbocycles. The van der Waals surface area contributed by atoms with Crippen LogP contribution >= 0.6 is 0 Å². The molecule has 21 heavy (non-hydrogen) atoms. The van der Waals surface area contributed by atoms with Gasteiger partial charge in [-0.3, -0.25) is 14.5 Å². The SMILES string of the molecule is Cc1ccccc1CN1C(=O)[C@H]2[C@H](C1=O)[C@H]1C=C[C@H]2CC1. The number of carbonyl (C=O) groups excluding carboxylic acids is 2. The second-order valence-electron chi connectivity index (χ2n) is 6.53. The molecule has 5 rings (SSSR count). The summed E-state index contributed by atoms with van der Waals surface area (Å²) < 4.78 is 0. The first kappa shape index (κ1) is 12.8. The maximum absolute atomic E-state index is 12.7. The summed E-state index contributed by atoms with van der Waals surface area (Å²) in [6, 6.07) is 7.98. The van der Waals surface area contributed by atoms with Gasteiger partial charge in [0, 0.05) is 0 Å². The fourth-order valence-corrected chi connectivity index (χ4v) is 4.25. The minimum atomic E-state index is -0.0923. The Morgan fingerprint density at radius 3 is 2.10 bits per heavy atom. The topological polar surface area (TPSA) is 37.4 Å². The van der Waals surface area contributed by atoms with Crippen LogP contribution in [0.5, 0.6) is 0 Å². The molecule has 0 spiro atoms. The van der Waals surface area contributed by atoms with Gasteiger partial charge in [0.15, 0.2) is 0 Å². The lowest BCUT2D eigenvalue weighted by molar-refractivity contribution is -0.140. The number of likely N-dealkylation sites (tertiary alicyclic amines) is 1. The highest BCUT2D eigenvalue weighted by molar-refractivity contribution is 6.06. The molecule has 0 unspecified atom stereocenters. The molecule has 1 aromatic rings. The Kier molecular flexibility index (Phi) is 2.78. The summed E-state index contributed by atoms with van der Waals surface area (Å²) in [5.41, 5.74) is 2.20. The van der Waals surface area contributed by atoms with Gasteiger partial charge in [-0.05, 0) is 42.7 Å². The number of rotatable bonds is 2. The zero-order valence-corrected chi connectivity index (χ0v) is 12.2. The van der Waals surface area contributed by atoms with Crippen LogP contribution in [0, 0.1) is 30.6 Å². The van der Waals surface area contributed by atoms with Crippen LogP contribution in [-0.4, -0.2) is 16.7 Å². The van der Waals surface area contributed by atoms with E-state index in [0.717, 1.165) is 24.0 Å². The first-order chi connectivity index (χ1) is 10.2. The summed E-state index contributed by atoms with van der Waals surface area (Å²) in [5.74, 6) is 0.465. The third kappa shape index (κ3) is 1.80. The molecule has 108 valence electrons. The lowest BCUT2D eigenvalue weighted by Crippen LogP contribution is -2.38. The minimum Gasteiger partial charge on any atom is -0.278 e. The Labute approximate surface area is 124 Å². The number of carbonyl (C=O) groups is 2. The van der Waals surface area contributed by atoms with Gasteiger partial charge >= 0.3 is 0 Å². The normalized spacial score (nSPS) is 33.7. The van der Waals surface area contributed by atoms with Crippen LogP contribution in [-0.2, 0) is 16.1 Å². The number of amides is 2. The van der Waals surface area contributed by atoms with Crippen LogP contribution in [0.2, 0.25) is 0 Å². The number of hydrogen-bond acceptors (Lipinski definition) is 2. The minimum absolute atomic E-state index is 0.0484. The van der Waals surface area contributed by atoms with Crippen molar-refractivity contribution in [3.05, 3.63) is 47.5 Å². The summed E-state index contributed by atoms with van der Waals surface area (Å²) in [7, 11) is 0. The van der Waals surface area contributed by atoms with Crippen molar-refractivity contribution in [1.82, 2.24) is 4.90 Å². The number of fused-ring (bicyclic) bond motifs is 1. The smallest absolute Gasteiger partial charge is 0.234 e. The maximum atomic E-state index is 12.7. The van der Waals surface area contributed by atoms with Crippen LogP contribution < -0.4 is 0 Å². The molecule has 1 heterocycles. The summed E-state index contributed by atoms with van der Waals surface area (Å²) in [4.78, 5) is 27.0. The third-order valence-electron chi connectivity index (χ3n) is 5.44. The van der Waals surface area contributed by atoms with Crippen molar-refractivity contribution < 1.29 is 9.59 Å². The predicted octanol–water partition coefficient (Wildman–Crippen LogP) is 2.69. The summed E-state index contributed by atoms with van der Waals surface area (Å²) in [6.07, 6.45) is 6.44. The summed E-state index contributed by atoms with van der Waals surface area (Å²) in [6.45, 7) is 2.45. The van der Waals surface area contributed by atoms with E-state index in [1.807, 2.05) is 31.2 Å². The quantitative estimate of drug-likeness (QED) is 0.617. The third-order valence-corrected chi connectivity index (χ3v) is 5.44. The Morgan fingerprint density at radius 2 is 1.57 bits per heavy atom. The molecule has 2 amide bonds. The molecular weight excluding hydrogens is 262 g/mol. The van der Waals surface area contributed by atoms with E-state index in [-0.39, 0.29) is 35.5 Å². The van der Waals surface area contributed by atoms with Gasteiger partial charge < -0.3 is 0 Å². The van der Waals surface area contributed by atoms with E-state index in [2.05, 4.69) is 12.2 Å². The summed E-state index contributed by atoms with van der Waals surface area (Å²) in [5, 5.41) is 0. The van der Waals surface area contributed by atoms with E-state index >= 15 is 0 Å². The number of benzene rings is 1. The number of hydrogen-bond donors (Lipinski definition) is 0. The number of allylic oxidation sites excluding steroid dienone is 2. The molecule has 2 fully saturated rings. The molecule has 1 aromatic carbocycles. The molecule has 0 aromatic heterocycles. The van der Waals surface area contributed by atoms with E-state index in [4.69, 9.17) is 0 Å². The molecule has 4 atom stereocenters. The number of nitrogens with zero attached hydrogens (tertiary/aromatic N) is 1. The molecule has 3 nitrogen and oxygen atoms in total. The van der Waals surface area contributed by atoms with Gasteiger partial charge in [-0.15, -0.1) is 0 Å². The second-order valence-corrected chi connectivity index (χ2v) is 6.53. The van der Waals surface area contributed by atoms with Gasteiger partial charge in [0.1, 0.15) is 0 Å². The van der Waals surface area contributed by atoms with Gasteiger partial charge in [0.05, 0.1) is 18.4 Å². The molecule has 0 N–H and O–H groups in total. The van der Waals surface area contributed by atoms with Crippen LogP contribution in [0.1, 0.15) is 24.0 Å². The van der Waals surface area contributed by atoms with E-state index in [0.29, 0.717) is 6.54 Å². The van der Waals surface area contributed by atoms with Gasteiger partial charge in [-0.2, -0.15) is 0 Å². The zero-order valence-electron chi connectivity index (χ0n) is 12.2. The van der Waals surface area contributed by atoms with Crippen molar-refractivity contribution in [2.45, 2.75) is 26.3 Å². The lowest BCUT2D eigenvalue weighted by Gasteiger charge is -2.38. The van der Waals surface area contributed by atoms with Gasteiger partial charge in [0.25, 0.3) is 0 Å². The average Bonchev–Trinajstić information content (AvgIpc) is 2.78. The molecular formula is C18H19NO2. The van der Waals surface area contributed by atoms with Gasteiger partial charge in [0.2, 0.25) is 11.8 Å². The molecule has 3 heteroatoms. The molecule has 2 bridgehead atoms. The number of imide groups is 1. The van der Waals surface area contributed by atoms with Gasteiger partial charge in [-0.1, -0.05) is 36.4 Å². The largest absolute Gasteiger partial charge is 0.278 e. The highest BCUT2D eigenvalue weighted by atomic mass is 16.2. The Morgan fingerprint density at radius 1 is 1.00 bits per heavy atom. The molecule has 0 radical (unpaired) electrons. The fourth-order valence-electron chi connectivity index (χ4n) is 4.25. The zero-order chi connectivity index (χ0) is 14.6. The van der Waals surface area contributed by atoms with Crippen molar-refractivity contribution in [3.63, 3.8) is 0 Å². The van der Waals surface area contributed by atoms with Crippen molar-refractivity contribution in [1.29, 1.82) is 0 Å². The van der Waals surface area contributed by atoms with E-state index in [1.54, 1.807) is 0 Å². The highest BCUT2D eigenvalue weighted by Crippen LogP contribution is 2.49. The van der Waals surface area contributed by atoms with Crippen LogP contribution in [0.25, 0.3) is 0 Å². The molecule has 1 aliphatic heterocycles. The van der Waals surface area contributed by atoms with Gasteiger partial charge in [-0.25, -0.2) is 0 Å². The fraction of sp³-hybridized carbons (Fsp3) is 0.444. The van der Waals surface area contributed by atoms with E-state index in [9.17, 15) is 9.59 Å². The van der Waals surface area contributed by atoms with E-state index in [1.165, 1.54) is 4.90 Å². The Hall–Kier alpha value is -1.90. The Bertz CT molecular complexity index is 616. The monoisotopic (exact) mass is 281 g/mol. The maximum Gasteiger partial charge on any atom is 0.234 e. The molecule has 1 saturated heterocycles. The van der Waals surface area contributed by atoms with E-state index < -0.39 is 0 Å². The van der Waals surface area contributed by atoms with Crippen molar-refractivity contribution in [2.75, 3.05) is 0 Å². The Balaban J connectivity index is 1.65. The molecule has 4 aliphatic rings. The van der Waals surface area contributed by atoms with Crippen molar-refractivity contribution >= 4 is 11.8 Å². The summed E-state index contributed by atoms with van der Waals surface area (Å²) >= 11 is 0. The van der Waals surface area contributed by atoms with Crippen molar-refractivity contribution in [3.8, 4) is 0 Å². The first-order valence-corrected chi connectivity index (χ1v) is 7.75. The number of aryl methyl sites for hydroxylation is 1. The average molecular weight is 281 g/mol. The highest BCUT2D eigenvalue weighted by Gasteiger charge is 2.56.